The number of anilines is 1. The van der Waals surface area contributed by atoms with Gasteiger partial charge in [0.2, 0.25) is 0 Å². The van der Waals surface area contributed by atoms with Gasteiger partial charge in [-0.25, -0.2) is 9.69 Å². The molecule has 0 atom stereocenters. The van der Waals surface area contributed by atoms with E-state index in [9.17, 15) is 24.5 Å². The molecule has 37 heavy (non-hydrogen) atoms. The summed E-state index contributed by atoms with van der Waals surface area (Å²) in [6.45, 7) is 3.73. The highest BCUT2D eigenvalue weighted by Crippen LogP contribution is 2.35. The Bertz CT molecular complexity index is 1480. The van der Waals surface area contributed by atoms with Gasteiger partial charge in [0.25, 0.3) is 17.5 Å². The van der Waals surface area contributed by atoms with Crippen LogP contribution in [0, 0.1) is 24.0 Å². The lowest BCUT2D eigenvalue weighted by Gasteiger charge is -2.27. The molecule has 1 heterocycles. The Hall–Kier alpha value is -4.21. The van der Waals surface area contributed by atoms with Crippen LogP contribution < -0.4 is 15.0 Å². The number of ether oxygens (including phenoxy) is 1. The number of imide groups is 2. The summed E-state index contributed by atoms with van der Waals surface area (Å²) in [6.07, 6.45) is 1.25. The van der Waals surface area contributed by atoms with Crippen LogP contribution >= 0.6 is 23.2 Å². The average molecular weight is 540 g/mol. The maximum Gasteiger partial charge on any atom is 0.335 e. The summed E-state index contributed by atoms with van der Waals surface area (Å²) in [7, 11) is 0. The first-order valence-electron chi connectivity index (χ1n) is 10.9. The van der Waals surface area contributed by atoms with Gasteiger partial charge in [0.15, 0.2) is 0 Å². The van der Waals surface area contributed by atoms with E-state index >= 15 is 0 Å². The zero-order chi connectivity index (χ0) is 26.9. The first-order valence-corrected chi connectivity index (χ1v) is 11.6. The quantitative estimate of drug-likeness (QED) is 0.184. The number of rotatable bonds is 6. The molecule has 1 saturated heterocycles. The summed E-state index contributed by atoms with van der Waals surface area (Å²) in [5.74, 6) is -1.57. The van der Waals surface area contributed by atoms with E-state index in [2.05, 4.69) is 5.32 Å². The van der Waals surface area contributed by atoms with Gasteiger partial charge in [-0.05, 0) is 73.0 Å². The second-order valence-corrected chi connectivity index (χ2v) is 9.09. The van der Waals surface area contributed by atoms with Gasteiger partial charge < -0.3 is 4.74 Å². The van der Waals surface area contributed by atoms with Crippen LogP contribution in [-0.2, 0) is 16.2 Å². The lowest BCUT2D eigenvalue weighted by Crippen LogP contribution is -2.54. The third kappa shape index (κ3) is 5.47. The third-order valence-corrected chi connectivity index (χ3v) is 6.22. The molecule has 4 amide bonds. The Morgan fingerprint density at radius 3 is 2.35 bits per heavy atom. The van der Waals surface area contributed by atoms with Crippen molar-refractivity contribution in [2.24, 2.45) is 0 Å². The number of benzene rings is 3. The van der Waals surface area contributed by atoms with E-state index in [1.807, 2.05) is 13.8 Å². The summed E-state index contributed by atoms with van der Waals surface area (Å²) in [5.41, 5.74) is 2.61. The number of nitrogens with one attached hydrogen (secondary N) is 1. The van der Waals surface area contributed by atoms with Crippen molar-refractivity contribution in [3.8, 4) is 5.75 Å². The normalized spacial score (nSPS) is 14.6. The van der Waals surface area contributed by atoms with E-state index in [0.717, 1.165) is 16.0 Å². The second kappa shape index (κ2) is 10.4. The van der Waals surface area contributed by atoms with E-state index in [1.165, 1.54) is 42.5 Å². The summed E-state index contributed by atoms with van der Waals surface area (Å²) >= 11 is 12.5. The fraction of sp³-hybridized carbons (Fsp3) is 0.115. The highest BCUT2D eigenvalue weighted by atomic mass is 35.5. The van der Waals surface area contributed by atoms with Crippen molar-refractivity contribution in [2.75, 3.05) is 4.90 Å². The molecule has 3 aromatic rings. The van der Waals surface area contributed by atoms with Crippen molar-refractivity contribution in [3.05, 3.63) is 103 Å². The number of barbiturate groups is 1. The number of urea groups is 1. The van der Waals surface area contributed by atoms with Gasteiger partial charge in [-0.2, -0.15) is 0 Å². The Kier molecular flexibility index (Phi) is 7.28. The van der Waals surface area contributed by atoms with Crippen molar-refractivity contribution in [1.29, 1.82) is 0 Å². The van der Waals surface area contributed by atoms with Crippen LogP contribution in [0.4, 0.5) is 16.2 Å². The second-order valence-electron chi connectivity index (χ2n) is 8.24. The molecular weight excluding hydrogens is 521 g/mol. The molecule has 9 nitrogen and oxygen atoms in total. The van der Waals surface area contributed by atoms with Crippen molar-refractivity contribution in [1.82, 2.24) is 5.32 Å². The van der Waals surface area contributed by atoms with E-state index in [1.54, 1.807) is 18.2 Å². The topological polar surface area (TPSA) is 119 Å². The largest absolute Gasteiger partial charge is 0.487 e. The van der Waals surface area contributed by atoms with Crippen LogP contribution in [0.1, 0.15) is 22.3 Å². The molecule has 188 valence electrons. The van der Waals surface area contributed by atoms with Crippen LogP contribution in [0.3, 0.4) is 0 Å². The number of aryl methyl sites for hydroxylation is 2. The Balaban J connectivity index is 1.69. The molecule has 0 radical (unpaired) electrons. The first-order chi connectivity index (χ1) is 17.5. The molecule has 0 unspecified atom stereocenters. The lowest BCUT2D eigenvalue weighted by atomic mass is 10.0. The Labute approximate surface area is 221 Å². The number of carbonyl (C=O) groups is 3. The molecule has 1 aliphatic rings. The number of non-ortho nitro benzene ring substituents is 1. The predicted molar refractivity (Wildman–Crippen MR) is 139 cm³/mol. The smallest absolute Gasteiger partial charge is 0.335 e. The summed E-state index contributed by atoms with van der Waals surface area (Å²) in [6, 6.07) is 12.8. The van der Waals surface area contributed by atoms with Crippen LogP contribution in [0.25, 0.3) is 6.08 Å². The minimum atomic E-state index is -0.882. The van der Waals surface area contributed by atoms with Gasteiger partial charge in [0.1, 0.15) is 17.9 Å². The van der Waals surface area contributed by atoms with Gasteiger partial charge in [0.05, 0.1) is 15.6 Å². The van der Waals surface area contributed by atoms with Crippen molar-refractivity contribution < 1.29 is 24.0 Å². The zero-order valence-electron chi connectivity index (χ0n) is 19.6. The van der Waals surface area contributed by atoms with Crippen LogP contribution in [0.15, 0.2) is 60.2 Å². The highest BCUT2D eigenvalue weighted by molar-refractivity contribution is 6.40. The molecule has 1 N–H and O–H groups in total. The molecule has 1 aliphatic heterocycles. The van der Waals surface area contributed by atoms with E-state index < -0.39 is 22.8 Å². The molecule has 4 rings (SSSR count). The van der Waals surface area contributed by atoms with Gasteiger partial charge in [-0.1, -0.05) is 29.3 Å². The Morgan fingerprint density at radius 2 is 1.70 bits per heavy atom. The first kappa shape index (κ1) is 25.9. The van der Waals surface area contributed by atoms with E-state index in [4.69, 9.17) is 27.9 Å². The molecule has 11 heteroatoms. The van der Waals surface area contributed by atoms with Crippen molar-refractivity contribution >= 4 is 58.5 Å². The number of carbonyl (C=O) groups excluding carboxylic acids is 3. The molecule has 0 spiro atoms. The lowest BCUT2D eigenvalue weighted by molar-refractivity contribution is -0.384. The number of halogens is 2. The molecule has 1 fully saturated rings. The fourth-order valence-corrected chi connectivity index (χ4v) is 4.19. The van der Waals surface area contributed by atoms with Gasteiger partial charge in [0, 0.05) is 22.7 Å². The maximum absolute atomic E-state index is 13.3. The number of nitrogens with zero attached hydrogens (tertiary/aromatic N) is 2. The van der Waals surface area contributed by atoms with Crippen LogP contribution in [0.5, 0.6) is 5.75 Å². The van der Waals surface area contributed by atoms with E-state index in [-0.39, 0.29) is 39.2 Å². The fourth-order valence-electron chi connectivity index (χ4n) is 3.62. The number of nitro benzene ring substituents is 1. The Morgan fingerprint density at radius 1 is 1.00 bits per heavy atom. The van der Waals surface area contributed by atoms with Crippen LogP contribution in [-0.4, -0.2) is 22.8 Å². The van der Waals surface area contributed by atoms with Crippen LogP contribution in [0.2, 0.25) is 10.0 Å². The standard InChI is InChI=1S/C26H19Cl2N3O6/c1-14-3-6-20(9-15(14)2)30-25(33)21(24(32)29-26(30)34)11-17-10-18(27)12-22(28)23(17)37-13-16-4-7-19(8-5-16)31(35)36/h3-12H,13H2,1-2H3,(H,29,32,34)/b21-11+. The molecule has 0 aromatic heterocycles. The average Bonchev–Trinajstić information content (AvgIpc) is 2.83. The summed E-state index contributed by atoms with van der Waals surface area (Å²) < 4.78 is 5.85. The minimum absolute atomic E-state index is 0.0110. The molecule has 0 saturated carbocycles. The maximum atomic E-state index is 13.3. The minimum Gasteiger partial charge on any atom is -0.487 e. The highest BCUT2D eigenvalue weighted by Gasteiger charge is 2.37. The zero-order valence-corrected chi connectivity index (χ0v) is 21.1. The van der Waals surface area contributed by atoms with Crippen molar-refractivity contribution in [3.63, 3.8) is 0 Å². The monoisotopic (exact) mass is 539 g/mol. The number of amides is 4. The summed E-state index contributed by atoms with van der Waals surface area (Å²) in [4.78, 5) is 49.8. The van der Waals surface area contributed by atoms with Gasteiger partial charge in [-0.3, -0.25) is 25.0 Å². The number of nitro groups is 1. The summed E-state index contributed by atoms with van der Waals surface area (Å²) in [5, 5.41) is 13.4. The number of hydrogen-bond acceptors (Lipinski definition) is 6. The molecule has 0 bridgehead atoms. The SMILES string of the molecule is Cc1ccc(N2C(=O)NC(=O)/C(=C\c3cc(Cl)cc(Cl)c3OCc3ccc([N+](=O)[O-])cc3)C2=O)cc1C. The molecular formula is C26H19Cl2N3O6. The molecule has 3 aromatic carbocycles. The number of hydrogen-bond donors (Lipinski definition) is 1. The molecule has 0 aliphatic carbocycles. The van der Waals surface area contributed by atoms with E-state index in [0.29, 0.717) is 11.3 Å². The van der Waals surface area contributed by atoms with Gasteiger partial charge >= 0.3 is 6.03 Å². The predicted octanol–water partition coefficient (Wildman–Crippen LogP) is 5.76. The van der Waals surface area contributed by atoms with Gasteiger partial charge in [-0.15, -0.1) is 0 Å². The van der Waals surface area contributed by atoms with Crippen molar-refractivity contribution in [2.45, 2.75) is 20.5 Å². The third-order valence-electron chi connectivity index (χ3n) is 5.72.